The molecule has 1 aromatic rings. The van der Waals surface area contributed by atoms with Gasteiger partial charge in [-0.2, -0.15) is 5.10 Å². The van der Waals surface area contributed by atoms with Crippen LogP contribution in [-0.2, 0) is 4.79 Å². The Morgan fingerprint density at radius 1 is 1.33 bits per heavy atom. The highest BCUT2D eigenvalue weighted by atomic mass is 32.2. The van der Waals surface area contributed by atoms with Gasteiger partial charge in [-0.05, 0) is 24.6 Å². The summed E-state index contributed by atoms with van der Waals surface area (Å²) < 4.78 is 10.7. The highest BCUT2D eigenvalue weighted by molar-refractivity contribution is 8.02. The fraction of sp³-hybridized carbons (Fsp3) is 0.529. The number of carbonyl (C=O) groups is 1. The molecule has 0 saturated heterocycles. The highest BCUT2D eigenvalue weighted by Crippen LogP contribution is 2.38. The zero-order valence-corrected chi connectivity index (χ0v) is 15.7. The first kappa shape index (κ1) is 18.6. The molecule has 132 valence electrons. The molecular formula is C17H25N3O3S. The number of thioether (sulfide) groups is 1. The summed E-state index contributed by atoms with van der Waals surface area (Å²) in [6.07, 6.45) is 2.68. The van der Waals surface area contributed by atoms with E-state index in [1.54, 1.807) is 31.1 Å². The first-order valence-electron chi connectivity index (χ1n) is 7.89. The van der Waals surface area contributed by atoms with E-state index in [-0.39, 0.29) is 0 Å². The monoisotopic (exact) mass is 351 g/mol. The Morgan fingerprint density at radius 2 is 2.04 bits per heavy atom. The predicted octanol–water partition coefficient (Wildman–Crippen LogP) is 2.63. The second-order valence-electron chi connectivity index (χ2n) is 5.75. The van der Waals surface area contributed by atoms with Gasteiger partial charge in [0.1, 0.15) is 0 Å². The van der Waals surface area contributed by atoms with Gasteiger partial charge in [-0.25, -0.2) is 10.1 Å². The maximum atomic E-state index is 11.8. The van der Waals surface area contributed by atoms with Crippen LogP contribution >= 0.6 is 11.8 Å². The highest BCUT2D eigenvalue weighted by Gasteiger charge is 2.41. The average molecular weight is 351 g/mol. The summed E-state index contributed by atoms with van der Waals surface area (Å²) in [4.78, 5) is 11.2. The van der Waals surface area contributed by atoms with Crippen molar-refractivity contribution in [3.8, 4) is 11.5 Å². The van der Waals surface area contributed by atoms with Crippen LogP contribution in [0.1, 0.15) is 25.3 Å². The fourth-order valence-corrected chi connectivity index (χ4v) is 4.08. The Bertz CT molecular complexity index is 621. The number of aldehydes is 1. The van der Waals surface area contributed by atoms with Crippen molar-refractivity contribution in [1.29, 1.82) is 0 Å². The third-order valence-electron chi connectivity index (χ3n) is 3.90. The zero-order chi connectivity index (χ0) is 17.7. The maximum absolute atomic E-state index is 11.8. The minimum Gasteiger partial charge on any atom is -0.493 e. The molecule has 0 radical (unpaired) electrons. The molecule has 0 aliphatic carbocycles. The number of nitrogens with zero attached hydrogens (tertiary/aromatic N) is 3. The summed E-state index contributed by atoms with van der Waals surface area (Å²) in [6, 6.07) is 5.75. The van der Waals surface area contributed by atoms with Crippen molar-refractivity contribution in [3.63, 3.8) is 0 Å². The summed E-state index contributed by atoms with van der Waals surface area (Å²) in [5, 5.41) is 8.39. The molecule has 7 heteroatoms. The number of hydrazine groups is 1. The van der Waals surface area contributed by atoms with Crippen LogP contribution in [0.15, 0.2) is 23.3 Å². The van der Waals surface area contributed by atoms with Crippen molar-refractivity contribution < 1.29 is 14.3 Å². The Kier molecular flexibility index (Phi) is 6.12. The standard InChI is InChI=1S/C17H25N3O3S/c1-6-9-17(12-21)20(19(2)3)18-14(11-24-17)13-7-8-15(22-4)16(10-13)23-5/h7-8,10,12H,6,9,11H2,1-5H3. The normalized spacial score (nSPS) is 20.8. The van der Waals surface area contributed by atoms with Crippen molar-refractivity contribution in [2.75, 3.05) is 34.1 Å². The van der Waals surface area contributed by atoms with Crippen LogP contribution in [0.3, 0.4) is 0 Å². The maximum Gasteiger partial charge on any atom is 0.175 e. The molecule has 0 spiro atoms. The summed E-state index contributed by atoms with van der Waals surface area (Å²) in [5.41, 5.74) is 1.87. The molecule has 6 nitrogen and oxygen atoms in total. The SMILES string of the molecule is CCCC1(C=O)SCC(c2ccc(OC)c(OC)c2)=NN1N(C)C. The van der Waals surface area contributed by atoms with Crippen molar-refractivity contribution in [2.24, 2.45) is 5.10 Å². The lowest BCUT2D eigenvalue weighted by Crippen LogP contribution is -2.54. The Labute approximate surface area is 147 Å². The van der Waals surface area contributed by atoms with E-state index in [1.807, 2.05) is 37.3 Å². The van der Waals surface area contributed by atoms with Gasteiger partial charge in [0.05, 0.1) is 19.9 Å². The lowest BCUT2D eigenvalue weighted by Gasteiger charge is -2.43. The van der Waals surface area contributed by atoms with Gasteiger partial charge in [0.25, 0.3) is 0 Å². The van der Waals surface area contributed by atoms with E-state index >= 15 is 0 Å². The van der Waals surface area contributed by atoms with Crippen LogP contribution < -0.4 is 9.47 Å². The molecule has 1 heterocycles. The molecule has 24 heavy (non-hydrogen) atoms. The van der Waals surface area contributed by atoms with Gasteiger partial charge in [0.2, 0.25) is 0 Å². The molecule has 0 saturated carbocycles. The average Bonchev–Trinajstić information content (AvgIpc) is 2.61. The van der Waals surface area contributed by atoms with E-state index in [1.165, 1.54) is 0 Å². The van der Waals surface area contributed by atoms with Crippen LogP contribution in [-0.4, -0.2) is 61.1 Å². The first-order valence-corrected chi connectivity index (χ1v) is 8.87. The summed E-state index contributed by atoms with van der Waals surface area (Å²) in [6.45, 7) is 2.08. The number of ether oxygens (including phenoxy) is 2. The van der Waals surface area contributed by atoms with E-state index in [2.05, 4.69) is 6.92 Å². The number of hydrogen-bond donors (Lipinski definition) is 0. The van der Waals surface area contributed by atoms with E-state index in [0.29, 0.717) is 17.3 Å². The lowest BCUT2D eigenvalue weighted by atomic mass is 10.1. The molecule has 1 aromatic carbocycles. The molecule has 1 unspecified atom stereocenters. The van der Waals surface area contributed by atoms with Gasteiger partial charge in [-0.1, -0.05) is 13.3 Å². The van der Waals surface area contributed by atoms with E-state index in [4.69, 9.17) is 14.6 Å². The van der Waals surface area contributed by atoms with Crippen molar-refractivity contribution in [2.45, 2.75) is 24.6 Å². The van der Waals surface area contributed by atoms with Crippen molar-refractivity contribution >= 4 is 23.8 Å². The Hall–Kier alpha value is -1.73. The molecule has 1 aliphatic heterocycles. The van der Waals surface area contributed by atoms with Gasteiger partial charge >= 0.3 is 0 Å². The topological polar surface area (TPSA) is 54.4 Å². The molecule has 1 aliphatic rings. The lowest BCUT2D eigenvalue weighted by molar-refractivity contribution is -0.123. The van der Waals surface area contributed by atoms with E-state index < -0.39 is 4.87 Å². The van der Waals surface area contributed by atoms with Crippen molar-refractivity contribution in [1.82, 2.24) is 10.1 Å². The molecular weight excluding hydrogens is 326 g/mol. The summed E-state index contributed by atoms with van der Waals surface area (Å²) in [7, 11) is 7.03. The van der Waals surface area contributed by atoms with Crippen LogP contribution in [0, 0.1) is 0 Å². The van der Waals surface area contributed by atoms with E-state index in [9.17, 15) is 4.79 Å². The minimum atomic E-state index is -0.641. The molecule has 0 N–H and O–H groups in total. The van der Waals surface area contributed by atoms with Gasteiger partial charge < -0.3 is 9.47 Å². The van der Waals surface area contributed by atoms with Gasteiger partial charge in [-0.15, -0.1) is 11.8 Å². The Balaban J connectivity index is 2.42. The van der Waals surface area contributed by atoms with Gasteiger partial charge in [0.15, 0.2) is 22.7 Å². The predicted molar refractivity (Wildman–Crippen MR) is 97.8 cm³/mol. The second-order valence-corrected chi connectivity index (χ2v) is 7.04. The molecule has 0 amide bonds. The smallest absolute Gasteiger partial charge is 0.175 e. The second kappa shape index (κ2) is 7.90. The molecule has 0 fully saturated rings. The number of methoxy groups -OCH3 is 2. The molecule has 1 atom stereocenters. The quantitative estimate of drug-likeness (QED) is 0.704. The van der Waals surface area contributed by atoms with Gasteiger partial charge in [0, 0.05) is 25.4 Å². The van der Waals surface area contributed by atoms with E-state index in [0.717, 1.165) is 30.4 Å². The third-order valence-corrected chi connectivity index (χ3v) is 5.28. The molecule has 2 rings (SSSR count). The van der Waals surface area contributed by atoms with Crippen molar-refractivity contribution in [3.05, 3.63) is 23.8 Å². The minimum absolute atomic E-state index is 0.641. The summed E-state index contributed by atoms with van der Waals surface area (Å²) in [5.74, 6) is 2.02. The summed E-state index contributed by atoms with van der Waals surface area (Å²) >= 11 is 1.61. The fourth-order valence-electron chi connectivity index (χ4n) is 2.73. The third kappa shape index (κ3) is 3.52. The Morgan fingerprint density at radius 3 is 2.58 bits per heavy atom. The van der Waals surface area contributed by atoms with Gasteiger partial charge in [-0.3, -0.25) is 4.79 Å². The molecule has 0 bridgehead atoms. The first-order chi connectivity index (χ1) is 11.5. The largest absolute Gasteiger partial charge is 0.493 e. The van der Waals surface area contributed by atoms with Crippen LogP contribution in [0.4, 0.5) is 0 Å². The number of hydrogen-bond acceptors (Lipinski definition) is 7. The number of hydrazone groups is 1. The molecule has 0 aromatic heterocycles. The number of carbonyl (C=O) groups excluding carboxylic acids is 1. The van der Waals surface area contributed by atoms with Crippen LogP contribution in [0.2, 0.25) is 0 Å². The van der Waals surface area contributed by atoms with Crippen LogP contribution in [0.5, 0.6) is 11.5 Å². The zero-order valence-electron chi connectivity index (χ0n) is 14.9. The van der Waals surface area contributed by atoms with Crippen LogP contribution in [0.25, 0.3) is 0 Å². The number of benzene rings is 1. The number of rotatable bonds is 7.